The minimum absolute atomic E-state index is 0.269. The molecular weight excluding hydrogens is 286 g/mol. The first kappa shape index (κ1) is 17.6. The molecule has 0 bridgehead atoms. The molecule has 2 amide bonds. The maximum Gasteiger partial charge on any atom is 0.326 e. The highest BCUT2D eigenvalue weighted by Gasteiger charge is 2.19. The Morgan fingerprint density at radius 1 is 1.14 bits per heavy atom. The smallest absolute Gasteiger partial charge is 0.326 e. The third-order valence-corrected chi connectivity index (χ3v) is 3.03. The first-order valence-corrected chi connectivity index (χ1v) is 7.10. The average molecular weight is 307 g/mol. The zero-order valence-electron chi connectivity index (χ0n) is 12.2. The van der Waals surface area contributed by atoms with Crippen molar-refractivity contribution in [1.82, 2.24) is 10.6 Å². The summed E-state index contributed by atoms with van der Waals surface area (Å²) in [6.07, 6.45) is 1.62. The summed E-state index contributed by atoms with van der Waals surface area (Å²) < 4.78 is 0. The van der Waals surface area contributed by atoms with Crippen LogP contribution in [0.4, 0.5) is 0 Å². The number of carbonyl (C=O) groups is 3. The summed E-state index contributed by atoms with van der Waals surface area (Å²) in [6, 6.07) is 7.50. The first-order valence-electron chi connectivity index (χ1n) is 7.10. The Morgan fingerprint density at radius 3 is 2.41 bits per heavy atom. The van der Waals surface area contributed by atoms with Crippen LogP contribution in [0.5, 0.6) is 0 Å². The van der Waals surface area contributed by atoms with Gasteiger partial charge in [0.25, 0.3) is 5.91 Å². The molecule has 7 heteroatoms. The minimum Gasteiger partial charge on any atom is -0.480 e. The molecule has 5 N–H and O–H groups in total. The Morgan fingerprint density at radius 2 is 1.82 bits per heavy atom. The Bertz CT molecular complexity index is 505. The van der Waals surface area contributed by atoms with E-state index in [2.05, 4.69) is 10.6 Å². The molecule has 0 aliphatic rings. The van der Waals surface area contributed by atoms with Crippen LogP contribution >= 0.6 is 0 Å². The maximum atomic E-state index is 11.8. The van der Waals surface area contributed by atoms with Gasteiger partial charge in [-0.1, -0.05) is 18.2 Å². The average Bonchev–Trinajstić information content (AvgIpc) is 2.52. The van der Waals surface area contributed by atoms with Crippen LogP contribution in [-0.4, -0.2) is 42.0 Å². The van der Waals surface area contributed by atoms with Crippen LogP contribution in [0.3, 0.4) is 0 Å². The number of nitrogens with one attached hydrogen (secondary N) is 2. The number of nitrogens with two attached hydrogens (primary N) is 1. The zero-order valence-corrected chi connectivity index (χ0v) is 12.2. The Kier molecular flexibility index (Phi) is 7.63. The molecule has 1 aromatic rings. The minimum atomic E-state index is -1.10. The fraction of sp³-hybridized carbons (Fsp3) is 0.400. The molecule has 0 saturated heterocycles. The van der Waals surface area contributed by atoms with Gasteiger partial charge in [0.2, 0.25) is 5.91 Å². The lowest BCUT2D eigenvalue weighted by molar-refractivity contribution is -0.141. The Labute approximate surface area is 128 Å². The van der Waals surface area contributed by atoms with Gasteiger partial charge in [0, 0.05) is 5.56 Å². The van der Waals surface area contributed by atoms with Crippen molar-refractivity contribution in [3.63, 3.8) is 0 Å². The summed E-state index contributed by atoms with van der Waals surface area (Å²) in [5.74, 6) is -2.02. The molecule has 22 heavy (non-hydrogen) atoms. The highest BCUT2D eigenvalue weighted by Crippen LogP contribution is 2.01. The molecule has 0 heterocycles. The molecule has 1 unspecified atom stereocenters. The molecule has 0 fully saturated rings. The van der Waals surface area contributed by atoms with Crippen molar-refractivity contribution in [1.29, 1.82) is 0 Å². The number of carboxylic acids is 1. The van der Waals surface area contributed by atoms with Crippen LogP contribution < -0.4 is 16.4 Å². The predicted octanol–water partition coefficient (Wildman–Crippen LogP) is 0.115. The van der Waals surface area contributed by atoms with Crippen molar-refractivity contribution in [2.24, 2.45) is 5.73 Å². The summed E-state index contributed by atoms with van der Waals surface area (Å²) in [7, 11) is 0. The van der Waals surface area contributed by atoms with Gasteiger partial charge in [0.05, 0.1) is 6.54 Å². The topological polar surface area (TPSA) is 122 Å². The van der Waals surface area contributed by atoms with Crippen molar-refractivity contribution < 1.29 is 19.5 Å². The van der Waals surface area contributed by atoms with Gasteiger partial charge < -0.3 is 21.5 Å². The Hall–Kier alpha value is -2.41. The van der Waals surface area contributed by atoms with Crippen LogP contribution in [0, 0.1) is 0 Å². The van der Waals surface area contributed by atoms with Gasteiger partial charge in [0.1, 0.15) is 6.04 Å². The molecular formula is C15H21N3O4. The van der Waals surface area contributed by atoms with E-state index in [1.165, 1.54) is 0 Å². The van der Waals surface area contributed by atoms with Gasteiger partial charge in [-0.25, -0.2) is 4.79 Å². The third kappa shape index (κ3) is 6.36. The second-order valence-electron chi connectivity index (χ2n) is 4.79. The van der Waals surface area contributed by atoms with Crippen LogP contribution in [0.25, 0.3) is 0 Å². The molecule has 1 atom stereocenters. The van der Waals surface area contributed by atoms with Crippen molar-refractivity contribution in [2.45, 2.75) is 25.3 Å². The van der Waals surface area contributed by atoms with E-state index < -0.39 is 17.9 Å². The van der Waals surface area contributed by atoms with Crippen LogP contribution in [0.15, 0.2) is 30.3 Å². The third-order valence-electron chi connectivity index (χ3n) is 3.03. The second-order valence-corrected chi connectivity index (χ2v) is 4.79. The molecule has 0 aliphatic carbocycles. The summed E-state index contributed by atoms with van der Waals surface area (Å²) in [6.45, 7) is 0.210. The molecule has 120 valence electrons. The van der Waals surface area contributed by atoms with E-state index >= 15 is 0 Å². The maximum absolute atomic E-state index is 11.8. The lowest BCUT2D eigenvalue weighted by Crippen LogP contribution is -2.45. The molecule has 0 spiro atoms. The predicted molar refractivity (Wildman–Crippen MR) is 81.2 cm³/mol. The van der Waals surface area contributed by atoms with E-state index in [4.69, 9.17) is 10.8 Å². The Balaban J connectivity index is 2.40. The van der Waals surface area contributed by atoms with E-state index in [0.717, 1.165) is 0 Å². The van der Waals surface area contributed by atoms with Crippen LogP contribution in [0.2, 0.25) is 0 Å². The number of unbranched alkanes of at least 4 members (excludes halogenated alkanes) is 1. The number of benzene rings is 1. The van der Waals surface area contributed by atoms with Crippen LogP contribution in [-0.2, 0) is 9.59 Å². The summed E-state index contributed by atoms with van der Waals surface area (Å²) in [4.78, 5) is 34.5. The summed E-state index contributed by atoms with van der Waals surface area (Å²) >= 11 is 0. The normalized spacial score (nSPS) is 11.5. The van der Waals surface area contributed by atoms with Gasteiger partial charge in [-0.3, -0.25) is 9.59 Å². The van der Waals surface area contributed by atoms with Crippen molar-refractivity contribution in [3.8, 4) is 0 Å². The standard InChI is InChI=1S/C15H21N3O4/c16-9-5-4-8-12(15(21)22)18-13(19)10-17-14(20)11-6-2-1-3-7-11/h1-3,6-7,12H,4-5,8-10,16H2,(H,17,20)(H,18,19)(H,21,22). The molecule has 1 aromatic carbocycles. The monoisotopic (exact) mass is 307 g/mol. The van der Waals surface area contributed by atoms with Crippen molar-refractivity contribution in [3.05, 3.63) is 35.9 Å². The number of carbonyl (C=O) groups excluding carboxylic acids is 2. The number of carboxylic acid groups (broad SMARTS) is 1. The number of rotatable bonds is 9. The van der Waals surface area contributed by atoms with E-state index in [9.17, 15) is 14.4 Å². The lowest BCUT2D eigenvalue weighted by atomic mass is 10.1. The number of amides is 2. The molecule has 7 nitrogen and oxygen atoms in total. The van der Waals surface area contributed by atoms with E-state index in [1.807, 2.05) is 0 Å². The molecule has 0 radical (unpaired) electrons. The highest BCUT2D eigenvalue weighted by atomic mass is 16.4. The molecule has 1 rings (SSSR count). The van der Waals surface area contributed by atoms with E-state index in [1.54, 1.807) is 30.3 Å². The number of hydrogen-bond donors (Lipinski definition) is 4. The zero-order chi connectivity index (χ0) is 16.4. The highest BCUT2D eigenvalue weighted by molar-refractivity contribution is 5.96. The number of aliphatic carboxylic acids is 1. The van der Waals surface area contributed by atoms with Gasteiger partial charge in [-0.05, 0) is 37.9 Å². The van der Waals surface area contributed by atoms with Crippen molar-refractivity contribution >= 4 is 17.8 Å². The van der Waals surface area contributed by atoms with E-state index in [-0.39, 0.29) is 12.5 Å². The van der Waals surface area contributed by atoms with Gasteiger partial charge in [-0.2, -0.15) is 0 Å². The van der Waals surface area contributed by atoms with Gasteiger partial charge in [-0.15, -0.1) is 0 Å². The fourth-order valence-corrected chi connectivity index (χ4v) is 1.85. The lowest BCUT2D eigenvalue weighted by Gasteiger charge is -2.14. The second kappa shape index (κ2) is 9.51. The molecule has 0 saturated carbocycles. The summed E-state index contributed by atoms with van der Waals surface area (Å²) in [5.41, 5.74) is 5.78. The van der Waals surface area contributed by atoms with Crippen LogP contribution in [0.1, 0.15) is 29.6 Å². The van der Waals surface area contributed by atoms with Gasteiger partial charge >= 0.3 is 5.97 Å². The number of hydrogen-bond acceptors (Lipinski definition) is 4. The SMILES string of the molecule is NCCCCC(NC(=O)CNC(=O)c1ccccc1)C(=O)O. The quantitative estimate of drug-likeness (QED) is 0.483. The molecule has 0 aliphatic heterocycles. The first-order chi connectivity index (χ1) is 10.5. The fourth-order valence-electron chi connectivity index (χ4n) is 1.85. The summed E-state index contributed by atoms with van der Waals surface area (Å²) in [5, 5.41) is 13.9. The molecule has 0 aromatic heterocycles. The van der Waals surface area contributed by atoms with Crippen molar-refractivity contribution in [2.75, 3.05) is 13.1 Å². The van der Waals surface area contributed by atoms with E-state index in [0.29, 0.717) is 31.4 Å². The van der Waals surface area contributed by atoms with Gasteiger partial charge in [0.15, 0.2) is 0 Å². The largest absolute Gasteiger partial charge is 0.480 e.